The summed E-state index contributed by atoms with van der Waals surface area (Å²) in [5.74, 6) is 1.52. The van der Waals surface area contributed by atoms with Crippen molar-refractivity contribution in [1.82, 2.24) is 5.32 Å². The molecule has 0 saturated heterocycles. The van der Waals surface area contributed by atoms with E-state index in [1.165, 1.54) is 0 Å². The Hall–Kier alpha value is -0.710. The van der Waals surface area contributed by atoms with Crippen LogP contribution in [-0.2, 0) is 0 Å². The van der Waals surface area contributed by atoms with E-state index in [-0.39, 0.29) is 6.04 Å². The summed E-state index contributed by atoms with van der Waals surface area (Å²) < 4.78 is 11.7. The lowest BCUT2D eigenvalue weighted by molar-refractivity contribution is 0.392. The summed E-state index contributed by atoms with van der Waals surface area (Å²) in [4.78, 5) is 0. The summed E-state index contributed by atoms with van der Waals surface area (Å²) >= 11 is 9.20. The largest absolute Gasteiger partial charge is 0.466 e. The van der Waals surface area contributed by atoms with Gasteiger partial charge in [-0.3, -0.25) is 0 Å². The molecule has 0 radical (unpaired) electrons. The van der Waals surface area contributed by atoms with E-state index in [9.17, 15) is 0 Å². The van der Waals surface area contributed by atoms with Gasteiger partial charge in [0.15, 0.2) is 5.22 Å². The van der Waals surface area contributed by atoms with E-state index in [0.29, 0.717) is 5.22 Å². The Bertz CT molecular complexity index is 466. The molecule has 2 aromatic rings. The fraction of sp³-hybridized carbons (Fsp3) is 0.273. The molecule has 0 amide bonds. The second-order valence-electron chi connectivity index (χ2n) is 3.27. The maximum absolute atomic E-state index is 5.77. The second kappa shape index (κ2) is 5.08. The summed E-state index contributed by atoms with van der Waals surface area (Å²) in [6, 6.07) is 5.29. The Morgan fingerprint density at radius 1 is 1.44 bits per heavy atom. The number of hydrogen-bond donors (Lipinski definition) is 1. The zero-order chi connectivity index (χ0) is 11.5. The number of nitrogens with one attached hydrogen (secondary N) is 1. The Labute approximate surface area is 107 Å². The van der Waals surface area contributed by atoms with Crippen molar-refractivity contribution in [1.29, 1.82) is 0 Å². The predicted octanol–water partition coefficient (Wildman–Crippen LogP) is 3.99. The van der Waals surface area contributed by atoms with Crippen LogP contribution in [0.3, 0.4) is 0 Å². The molecule has 2 aromatic heterocycles. The predicted molar refractivity (Wildman–Crippen MR) is 65.6 cm³/mol. The van der Waals surface area contributed by atoms with Gasteiger partial charge in [-0.2, -0.15) is 0 Å². The lowest BCUT2D eigenvalue weighted by Gasteiger charge is -2.13. The van der Waals surface area contributed by atoms with E-state index >= 15 is 0 Å². The molecular formula is C11H11BrClNO2. The topological polar surface area (TPSA) is 38.3 Å². The average molecular weight is 305 g/mol. The summed E-state index contributed by atoms with van der Waals surface area (Å²) in [6.07, 6.45) is 1.63. The van der Waals surface area contributed by atoms with E-state index < -0.39 is 0 Å². The van der Waals surface area contributed by atoms with Gasteiger partial charge < -0.3 is 14.2 Å². The van der Waals surface area contributed by atoms with Gasteiger partial charge in [0.25, 0.3) is 0 Å². The number of furan rings is 2. The van der Waals surface area contributed by atoms with Gasteiger partial charge in [0, 0.05) is 0 Å². The smallest absolute Gasteiger partial charge is 0.193 e. The minimum absolute atomic E-state index is 0.123. The van der Waals surface area contributed by atoms with Crippen molar-refractivity contribution in [2.75, 3.05) is 6.54 Å². The first-order valence-corrected chi connectivity index (χ1v) is 6.11. The van der Waals surface area contributed by atoms with Crippen molar-refractivity contribution in [3.05, 3.63) is 45.7 Å². The fourth-order valence-electron chi connectivity index (χ4n) is 1.52. The molecule has 0 bridgehead atoms. The van der Waals surface area contributed by atoms with Crippen LogP contribution in [0.15, 0.2) is 37.8 Å². The van der Waals surface area contributed by atoms with Crippen LogP contribution in [-0.4, -0.2) is 6.54 Å². The van der Waals surface area contributed by atoms with Gasteiger partial charge in [-0.1, -0.05) is 6.92 Å². The van der Waals surface area contributed by atoms with Gasteiger partial charge in [-0.05, 0) is 52.3 Å². The highest BCUT2D eigenvalue weighted by Gasteiger charge is 2.22. The molecule has 5 heteroatoms. The lowest BCUT2D eigenvalue weighted by Crippen LogP contribution is -2.21. The summed E-state index contributed by atoms with van der Waals surface area (Å²) in [5, 5.41) is 3.65. The fourth-order valence-corrected chi connectivity index (χ4v) is 2.10. The van der Waals surface area contributed by atoms with Crippen molar-refractivity contribution < 1.29 is 8.83 Å². The molecule has 1 N–H and O–H groups in total. The van der Waals surface area contributed by atoms with Crippen molar-refractivity contribution >= 4 is 27.5 Å². The first-order valence-electron chi connectivity index (χ1n) is 4.94. The Kier molecular flexibility index (Phi) is 3.74. The molecule has 0 aromatic carbocycles. The van der Waals surface area contributed by atoms with Crippen LogP contribution < -0.4 is 5.32 Å². The molecule has 0 aliphatic heterocycles. The Balaban J connectivity index is 2.34. The zero-order valence-electron chi connectivity index (χ0n) is 8.67. The van der Waals surface area contributed by atoms with Crippen LogP contribution in [0.2, 0.25) is 5.22 Å². The SMILES string of the molecule is CCNC(c1ccc(Cl)o1)c1occc1Br. The highest BCUT2D eigenvalue weighted by molar-refractivity contribution is 9.10. The maximum Gasteiger partial charge on any atom is 0.193 e. The second-order valence-corrected chi connectivity index (χ2v) is 4.49. The molecule has 1 unspecified atom stereocenters. The van der Waals surface area contributed by atoms with Crippen LogP contribution >= 0.6 is 27.5 Å². The van der Waals surface area contributed by atoms with Crippen molar-refractivity contribution in [2.24, 2.45) is 0 Å². The van der Waals surface area contributed by atoms with E-state index in [1.807, 2.05) is 19.1 Å². The first-order chi connectivity index (χ1) is 7.72. The van der Waals surface area contributed by atoms with Crippen molar-refractivity contribution in [3.63, 3.8) is 0 Å². The zero-order valence-corrected chi connectivity index (χ0v) is 11.0. The molecule has 0 spiro atoms. The third-order valence-electron chi connectivity index (χ3n) is 2.19. The molecule has 3 nitrogen and oxygen atoms in total. The Morgan fingerprint density at radius 3 is 2.75 bits per heavy atom. The monoisotopic (exact) mass is 303 g/mol. The molecule has 1 atom stereocenters. The summed E-state index contributed by atoms with van der Waals surface area (Å²) in [7, 11) is 0. The Morgan fingerprint density at radius 2 is 2.25 bits per heavy atom. The summed E-state index contributed by atoms with van der Waals surface area (Å²) in [6.45, 7) is 2.82. The molecule has 0 aliphatic carbocycles. The molecule has 0 saturated carbocycles. The highest BCUT2D eigenvalue weighted by Crippen LogP contribution is 2.31. The standard InChI is InChI=1S/C11H11BrClNO2/c1-2-14-10(8-3-4-9(13)16-8)11-7(12)5-6-15-11/h3-6,10,14H,2H2,1H3. The number of halogens is 2. The number of rotatable bonds is 4. The van der Waals surface area contributed by atoms with Gasteiger partial charge in [0.1, 0.15) is 17.6 Å². The minimum Gasteiger partial charge on any atom is -0.466 e. The summed E-state index contributed by atoms with van der Waals surface area (Å²) in [5.41, 5.74) is 0. The van der Waals surface area contributed by atoms with Crippen molar-refractivity contribution in [2.45, 2.75) is 13.0 Å². The molecular weight excluding hydrogens is 293 g/mol. The molecule has 2 heterocycles. The van der Waals surface area contributed by atoms with Gasteiger partial charge in [0.05, 0.1) is 10.7 Å². The first kappa shape index (κ1) is 11.8. The van der Waals surface area contributed by atoms with Crippen molar-refractivity contribution in [3.8, 4) is 0 Å². The van der Waals surface area contributed by atoms with Gasteiger partial charge in [0.2, 0.25) is 0 Å². The van der Waals surface area contributed by atoms with Crippen LogP contribution in [0.4, 0.5) is 0 Å². The molecule has 0 aliphatic rings. The van der Waals surface area contributed by atoms with E-state index in [4.69, 9.17) is 20.4 Å². The van der Waals surface area contributed by atoms with E-state index in [1.54, 1.807) is 12.3 Å². The van der Waals surface area contributed by atoms with Gasteiger partial charge in [-0.15, -0.1) is 0 Å². The maximum atomic E-state index is 5.77. The quantitative estimate of drug-likeness (QED) is 0.928. The van der Waals surface area contributed by atoms with Crippen LogP contribution in [0.5, 0.6) is 0 Å². The highest BCUT2D eigenvalue weighted by atomic mass is 79.9. The van der Waals surface area contributed by atoms with Crippen LogP contribution in [0, 0.1) is 0 Å². The lowest BCUT2D eigenvalue weighted by atomic mass is 10.1. The van der Waals surface area contributed by atoms with Crippen LogP contribution in [0.25, 0.3) is 0 Å². The normalized spacial score (nSPS) is 12.9. The molecule has 16 heavy (non-hydrogen) atoms. The average Bonchev–Trinajstić information content (AvgIpc) is 2.84. The van der Waals surface area contributed by atoms with Gasteiger partial charge >= 0.3 is 0 Å². The molecule has 2 rings (SSSR count). The van der Waals surface area contributed by atoms with E-state index in [0.717, 1.165) is 22.5 Å². The molecule has 86 valence electrons. The van der Waals surface area contributed by atoms with Gasteiger partial charge in [-0.25, -0.2) is 0 Å². The number of hydrogen-bond acceptors (Lipinski definition) is 3. The minimum atomic E-state index is -0.123. The van der Waals surface area contributed by atoms with Crippen LogP contribution in [0.1, 0.15) is 24.5 Å². The van der Waals surface area contributed by atoms with E-state index in [2.05, 4.69) is 21.2 Å². The third kappa shape index (κ3) is 2.34. The third-order valence-corrected chi connectivity index (χ3v) is 3.05. The molecule has 0 fully saturated rings.